The number of hydrogen-bond acceptors (Lipinski definition) is 8. The molecule has 3 heterocycles. The number of piperazine rings is 1. The van der Waals surface area contributed by atoms with Crippen LogP contribution in [-0.4, -0.2) is 67.3 Å². The molecule has 4 rings (SSSR count). The summed E-state index contributed by atoms with van der Waals surface area (Å²) in [5, 5.41) is 0.0372. The maximum Gasteiger partial charge on any atom is 0.374 e. The van der Waals surface area contributed by atoms with Crippen LogP contribution in [0.5, 0.6) is 0 Å². The summed E-state index contributed by atoms with van der Waals surface area (Å²) in [5.41, 5.74) is 0.318. The van der Waals surface area contributed by atoms with Crippen LogP contribution in [-0.2, 0) is 14.8 Å². The van der Waals surface area contributed by atoms with Crippen molar-refractivity contribution in [3.8, 4) is 10.6 Å². The standard InChI is InChI=1S/C21H20FN3O6S2/c1-2-30-21(27)16-7-8-18(31-16)33(28,29)25-11-9-24(10-12-25)20(26)17-13-23-19(32-17)14-5-3-4-6-15(14)22/h3-8,13H,2,9-12H2,1H3. The van der Waals surface area contributed by atoms with Gasteiger partial charge >= 0.3 is 5.97 Å². The van der Waals surface area contributed by atoms with Gasteiger partial charge in [0, 0.05) is 31.7 Å². The van der Waals surface area contributed by atoms with Gasteiger partial charge in [0.05, 0.1) is 12.8 Å². The molecule has 1 amide bonds. The second kappa shape index (κ2) is 9.41. The zero-order chi connectivity index (χ0) is 23.6. The minimum absolute atomic E-state index is 0.0580. The van der Waals surface area contributed by atoms with Crippen molar-refractivity contribution in [1.82, 2.24) is 14.2 Å². The van der Waals surface area contributed by atoms with E-state index in [1.807, 2.05) is 0 Å². The van der Waals surface area contributed by atoms with Crippen molar-refractivity contribution in [2.24, 2.45) is 0 Å². The van der Waals surface area contributed by atoms with Crippen molar-refractivity contribution in [2.75, 3.05) is 32.8 Å². The second-order valence-corrected chi connectivity index (χ2v) is 9.94. The van der Waals surface area contributed by atoms with E-state index in [2.05, 4.69) is 4.98 Å². The molecule has 2 aromatic heterocycles. The smallest absolute Gasteiger partial charge is 0.374 e. The number of halogens is 1. The van der Waals surface area contributed by atoms with Gasteiger partial charge in [0.2, 0.25) is 10.9 Å². The van der Waals surface area contributed by atoms with Crippen molar-refractivity contribution in [2.45, 2.75) is 12.0 Å². The third kappa shape index (κ3) is 4.68. The molecule has 0 spiro atoms. The van der Waals surface area contributed by atoms with Crippen LogP contribution in [0.3, 0.4) is 0 Å². The Morgan fingerprint density at radius 2 is 1.88 bits per heavy atom. The van der Waals surface area contributed by atoms with Crippen LogP contribution in [0.25, 0.3) is 10.6 Å². The monoisotopic (exact) mass is 493 g/mol. The van der Waals surface area contributed by atoms with Crippen molar-refractivity contribution in [3.05, 3.63) is 59.0 Å². The van der Waals surface area contributed by atoms with E-state index >= 15 is 0 Å². The fourth-order valence-corrected chi connectivity index (χ4v) is 5.56. The fourth-order valence-electron chi connectivity index (χ4n) is 3.32. The molecule has 1 fully saturated rings. The molecular formula is C21H20FN3O6S2. The number of rotatable bonds is 6. The quantitative estimate of drug-likeness (QED) is 0.486. The number of carbonyl (C=O) groups excluding carboxylic acids is 2. The van der Waals surface area contributed by atoms with Crippen LogP contribution in [0.1, 0.15) is 27.2 Å². The number of furan rings is 1. The molecule has 1 saturated heterocycles. The van der Waals surface area contributed by atoms with Gasteiger partial charge in [0.1, 0.15) is 15.7 Å². The first-order chi connectivity index (χ1) is 15.8. The molecule has 0 saturated carbocycles. The number of hydrogen-bond donors (Lipinski definition) is 0. The Balaban J connectivity index is 1.41. The molecule has 12 heteroatoms. The largest absolute Gasteiger partial charge is 0.460 e. The topological polar surface area (TPSA) is 110 Å². The van der Waals surface area contributed by atoms with Crippen molar-refractivity contribution >= 4 is 33.2 Å². The van der Waals surface area contributed by atoms with E-state index < -0.39 is 21.8 Å². The zero-order valence-electron chi connectivity index (χ0n) is 17.6. The summed E-state index contributed by atoms with van der Waals surface area (Å²) in [4.78, 5) is 30.6. The molecule has 33 heavy (non-hydrogen) atoms. The van der Waals surface area contributed by atoms with Crippen LogP contribution >= 0.6 is 11.3 Å². The van der Waals surface area contributed by atoms with Gasteiger partial charge < -0.3 is 14.1 Å². The molecule has 1 aliphatic heterocycles. The maximum atomic E-state index is 14.0. The Bertz CT molecular complexity index is 1280. The molecule has 0 N–H and O–H groups in total. The van der Waals surface area contributed by atoms with Gasteiger partial charge in [0.25, 0.3) is 15.9 Å². The van der Waals surface area contributed by atoms with Gasteiger partial charge in [-0.3, -0.25) is 4.79 Å². The SMILES string of the molecule is CCOC(=O)c1ccc(S(=O)(=O)N2CCN(C(=O)c3cnc(-c4ccccc4F)s3)CC2)o1. The van der Waals surface area contributed by atoms with Crippen LogP contribution in [0.4, 0.5) is 4.39 Å². The maximum absolute atomic E-state index is 14.0. The number of amides is 1. The molecular weight excluding hydrogens is 473 g/mol. The Kier molecular flexibility index (Phi) is 6.58. The lowest BCUT2D eigenvalue weighted by atomic mass is 10.2. The molecule has 1 aliphatic rings. The first-order valence-corrected chi connectivity index (χ1v) is 12.3. The highest BCUT2D eigenvalue weighted by Gasteiger charge is 2.33. The highest BCUT2D eigenvalue weighted by atomic mass is 32.2. The van der Waals surface area contributed by atoms with Gasteiger partial charge in [-0.15, -0.1) is 11.3 Å². The lowest BCUT2D eigenvalue weighted by Gasteiger charge is -2.33. The minimum Gasteiger partial charge on any atom is -0.460 e. The first kappa shape index (κ1) is 23.1. The number of ether oxygens (including phenoxy) is 1. The van der Waals surface area contributed by atoms with E-state index in [4.69, 9.17) is 9.15 Å². The van der Waals surface area contributed by atoms with E-state index in [1.165, 1.54) is 33.6 Å². The van der Waals surface area contributed by atoms with E-state index in [0.717, 1.165) is 11.3 Å². The molecule has 174 valence electrons. The zero-order valence-corrected chi connectivity index (χ0v) is 19.2. The molecule has 0 aliphatic carbocycles. The summed E-state index contributed by atoms with van der Waals surface area (Å²) in [7, 11) is -3.97. The number of carbonyl (C=O) groups is 2. The average Bonchev–Trinajstić information content (AvgIpc) is 3.50. The van der Waals surface area contributed by atoms with E-state index in [9.17, 15) is 22.4 Å². The third-order valence-corrected chi connectivity index (χ3v) is 7.79. The summed E-state index contributed by atoms with van der Waals surface area (Å²) in [6.45, 7) is 2.21. The molecule has 0 unspecified atom stereocenters. The Hall–Kier alpha value is -3.09. The first-order valence-electron chi connectivity index (χ1n) is 10.1. The molecule has 0 bridgehead atoms. The van der Waals surface area contributed by atoms with E-state index in [-0.39, 0.29) is 49.5 Å². The molecule has 9 nitrogen and oxygen atoms in total. The minimum atomic E-state index is -3.97. The summed E-state index contributed by atoms with van der Waals surface area (Å²) in [6.07, 6.45) is 1.40. The second-order valence-electron chi connectivity index (χ2n) is 7.04. The number of esters is 1. The van der Waals surface area contributed by atoms with Crippen LogP contribution in [0.2, 0.25) is 0 Å². The Morgan fingerprint density at radius 3 is 2.58 bits per heavy atom. The number of sulfonamides is 1. The number of aromatic nitrogens is 1. The summed E-state index contributed by atoms with van der Waals surface area (Å²) < 4.78 is 50.9. The summed E-state index contributed by atoms with van der Waals surface area (Å²) in [5.74, 6) is -1.66. The lowest BCUT2D eigenvalue weighted by Crippen LogP contribution is -2.50. The number of nitrogens with zero attached hydrogens (tertiary/aromatic N) is 3. The Morgan fingerprint density at radius 1 is 1.15 bits per heavy atom. The highest BCUT2D eigenvalue weighted by Crippen LogP contribution is 2.28. The predicted molar refractivity (Wildman–Crippen MR) is 117 cm³/mol. The molecule has 0 atom stereocenters. The molecule has 3 aromatic rings. The van der Waals surface area contributed by atoms with Gasteiger partial charge in [-0.2, -0.15) is 4.31 Å². The van der Waals surface area contributed by atoms with E-state index in [1.54, 1.807) is 25.1 Å². The predicted octanol–water partition coefficient (Wildman–Crippen LogP) is 2.87. The van der Waals surface area contributed by atoms with Crippen molar-refractivity contribution < 1.29 is 31.6 Å². The number of benzene rings is 1. The van der Waals surface area contributed by atoms with Crippen LogP contribution < -0.4 is 0 Å². The van der Waals surface area contributed by atoms with Gasteiger partial charge in [-0.1, -0.05) is 12.1 Å². The Labute approximate surface area is 193 Å². The molecule has 1 aromatic carbocycles. The van der Waals surface area contributed by atoms with Crippen LogP contribution in [0, 0.1) is 5.82 Å². The third-order valence-electron chi connectivity index (χ3n) is 5.00. The summed E-state index contributed by atoms with van der Waals surface area (Å²) in [6, 6.07) is 8.64. The van der Waals surface area contributed by atoms with Gasteiger partial charge in [0.15, 0.2) is 0 Å². The average molecular weight is 494 g/mol. The molecule has 0 radical (unpaired) electrons. The lowest BCUT2D eigenvalue weighted by molar-refractivity contribution is 0.0483. The van der Waals surface area contributed by atoms with Gasteiger partial charge in [-0.25, -0.2) is 22.6 Å². The summed E-state index contributed by atoms with van der Waals surface area (Å²) >= 11 is 1.08. The van der Waals surface area contributed by atoms with Crippen molar-refractivity contribution in [3.63, 3.8) is 0 Å². The number of thiazole rings is 1. The van der Waals surface area contributed by atoms with Crippen molar-refractivity contribution in [1.29, 1.82) is 0 Å². The highest BCUT2D eigenvalue weighted by molar-refractivity contribution is 7.89. The van der Waals surface area contributed by atoms with Crippen LogP contribution in [0.15, 0.2) is 52.1 Å². The normalized spacial score (nSPS) is 14.9. The van der Waals surface area contributed by atoms with Gasteiger partial charge in [-0.05, 0) is 31.2 Å². The van der Waals surface area contributed by atoms with E-state index in [0.29, 0.717) is 15.4 Å². The fraction of sp³-hybridized carbons (Fsp3) is 0.286.